The highest BCUT2D eigenvalue weighted by molar-refractivity contribution is 7.52. The van der Waals surface area contributed by atoms with Gasteiger partial charge in [0.2, 0.25) is 0 Å². The van der Waals surface area contributed by atoms with Gasteiger partial charge >= 0.3 is 19.5 Å². The molecule has 0 aliphatic heterocycles. The second-order valence-corrected chi connectivity index (χ2v) is 18.5. The van der Waals surface area contributed by atoms with Crippen molar-refractivity contribution in [1.82, 2.24) is 14.5 Å². The number of fused-ring (bicyclic) bond motifs is 3. The van der Waals surface area contributed by atoms with Crippen LogP contribution in [0, 0.1) is 0 Å². The number of anilines is 1. The number of carbonyl (C=O) groups excluding carboxylic acids is 2. The van der Waals surface area contributed by atoms with Gasteiger partial charge in [0, 0.05) is 31.2 Å². The molecular formula is C47H79N4O7P. The van der Waals surface area contributed by atoms with Gasteiger partial charge in [0.25, 0.3) is 0 Å². The summed E-state index contributed by atoms with van der Waals surface area (Å²) in [5.41, 5.74) is 8.41. The van der Waals surface area contributed by atoms with Crippen LogP contribution in [0.2, 0.25) is 0 Å². The summed E-state index contributed by atoms with van der Waals surface area (Å²) < 4.78 is 32.4. The Labute approximate surface area is 355 Å². The van der Waals surface area contributed by atoms with Crippen molar-refractivity contribution < 1.29 is 33.0 Å². The summed E-state index contributed by atoms with van der Waals surface area (Å²) in [6, 6.07) is 7.66. The van der Waals surface area contributed by atoms with Gasteiger partial charge in [0.15, 0.2) is 11.9 Å². The van der Waals surface area contributed by atoms with Gasteiger partial charge in [-0.25, -0.2) is 9.97 Å². The van der Waals surface area contributed by atoms with Crippen LogP contribution in [0.3, 0.4) is 0 Å². The van der Waals surface area contributed by atoms with E-state index in [0.717, 1.165) is 73.6 Å². The first-order valence-electron chi connectivity index (χ1n) is 23.5. The lowest BCUT2D eigenvalue weighted by molar-refractivity contribution is -0.161. The van der Waals surface area contributed by atoms with Gasteiger partial charge in [0.1, 0.15) is 17.9 Å². The Morgan fingerprint density at radius 1 is 0.695 bits per heavy atom. The molecule has 3 N–H and O–H groups in total. The lowest BCUT2D eigenvalue weighted by Crippen LogP contribution is -2.29. The molecule has 0 saturated heterocycles. The fraction of sp³-hybridized carbons (Fsp3) is 0.745. The van der Waals surface area contributed by atoms with E-state index in [-0.39, 0.29) is 44.7 Å². The van der Waals surface area contributed by atoms with E-state index in [0.29, 0.717) is 24.2 Å². The molecule has 0 aliphatic carbocycles. The van der Waals surface area contributed by atoms with E-state index in [2.05, 4.69) is 25.8 Å². The van der Waals surface area contributed by atoms with E-state index in [1.165, 1.54) is 96.3 Å². The summed E-state index contributed by atoms with van der Waals surface area (Å²) in [4.78, 5) is 46.1. The molecular weight excluding hydrogens is 764 g/mol. The minimum Gasteiger partial charge on any atom is -0.462 e. The molecule has 2 aromatic heterocycles. The van der Waals surface area contributed by atoms with Crippen LogP contribution < -0.4 is 5.73 Å². The second kappa shape index (κ2) is 30.1. The first kappa shape index (κ1) is 50.3. The van der Waals surface area contributed by atoms with Crippen LogP contribution in [0.4, 0.5) is 5.82 Å². The van der Waals surface area contributed by atoms with Gasteiger partial charge in [-0.15, -0.1) is 0 Å². The number of hydrogen-bond donors (Lipinski definition) is 2. The number of nitrogens with two attached hydrogens (primary N) is 1. The quantitative estimate of drug-likeness (QED) is 0.0328. The first-order valence-corrected chi connectivity index (χ1v) is 25.3. The molecule has 0 spiro atoms. The zero-order valence-electron chi connectivity index (χ0n) is 37.1. The minimum absolute atomic E-state index is 0.161. The van der Waals surface area contributed by atoms with Crippen molar-refractivity contribution in [1.29, 1.82) is 0 Å². The third-order valence-corrected chi connectivity index (χ3v) is 12.5. The third-order valence-electron chi connectivity index (χ3n) is 11.2. The van der Waals surface area contributed by atoms with Crippen molar-refractivity contribution in [2.75, 3.05) is 25.1 Å². The lowest BCUT2D eigenvalue weighted by Gasteiger charge is -2.21. The number of aromatic nitrogens is 3. The van der Waals surface area contributed by atoms with Crippen LogP contribution in [-0.2, 0) is 41.1 Å². The fourth-order valence-corrected chi connectivity index (χ4v) is 8.63. The molecule has 2 atom stereocenters. The number of rotatable bonds is 36. The summed E-state index contributed by atoms with van der Waals surface area (Å²) >= 11 is 0. The van der Waals surface area contributed by atoms with Crippen LogP contribution in [0.15, 0.2) is 24.3 Å². The zero-order chi connectivity index (χ0) is 42.6. The molecule has 0 saturated carbocycles. The SMILES string of the molecule is CCCCCCCCCCCCCC(=O)OC[C@H](COP(=O)(O)CCn1c(CCCC)nc2c(N)nc3ccccc3c21)OC(=O)CCCCCCCCCCCCC. The van der Waals surface area contributed by atoms with Crippen molar-refractivity contribution in [2.45, 2.75) is 207 Å². The highest BCUT2D eigenvalue weighted by atomic mass is 31.2. The number of carbonyl (C=O) groups is 2. The summed E-state index contributed by atoms with van der Waals surface area (Å²) in [5.74, 6) is 0.291. The second-order valence-electron chi connectivity index (χ2n) is 16.5. The van der Waals surface area contributed by atoms with Crippen LogP contribution in [0.1, 0.15) is 194 Å². The van der Waals surface area contributed by atoms with Crippen molar-refractivity contribution in [2.24, 2.45) is 0 Å². The molecule has 1 unspecified atom stereocenters. The number of benzene rings is 1. The van der Waals surface area contributed by atoms with Crippen molar-refractivity contribution in [3.05, 3.63) is 30.1 Å². The number of para-hydroxylation sites is 1. The Morgan fingerprint density at radius 3 is 1.76 bits per heavy atom. The Bertz CT molecular complexity index is 1660. The molecule has 59 heavy (non-hydrogen) atoms. The van der Waals surface area contributed by atoms with Gasteiger partial charge in [-0.1, -0.05) is 174 Å². The standard InChI is InChI=1S/C47H79N4O7P/c1-4-7-10-12-14-16-18-20-22-24-26-33-43(52)56-37-39(58-44(53)34-27-25-23-21-19-17-15-13-11-8-5-2)38-57-59(54,55)36-35-51-42(32-9-6-3)50-45-46(51)40-30-28-29-31-41(40)49-47(45)48/h28-31,39H,4-27,32-38H2,1-3H3,(H2,48,49)(H,54,55)/t39-/m1/s1. The summed E-state index contributed by atoms with van der Waals surface area (Å²) in [6.45, 7) is 6.14. The smallest absolute Gasteiger partial charge is 0.330 e. The molecule has 3 aromatic rings. The van der Waals surface area contributed by atoms with Gasteiger partial charge in [-0.05, 0) is 25.3 Å². The number of hydrogen-bond acceptors (Lipinski definition) is 9. The Kier molecular flexibility index (Phi) is 25.7. The number of ether oxygens (including phenoxy) is 2. The first-order chi connectivity index (χ1) is 28.7. The predicted octanol–water partition coefficient (Wildman–Crippen LogP) is 12.6. The zero-order valence-corrected chi connectivity index (χ0v) is 38.0. The van der Waals surface area contributed by atoms with Gasteiger partial charge in [-0.2, -0.15) is 0 Å². The molecule has 3 rings (SSSR count). The number of nitrogens with zero attached hydrogens (tertiary/aromatic N) is 3. The Morgan fingerprint density at radius 2 is 1.20 bits per heavy atom. The highest BCUT2D eigenvalue weighted by Gasteiger charge is 2.27. The predicted molar refractivity (Wildman–Crippen MR) is 242 cm³/mol. The topological polar surface area (TPSA) is 156 Å². The van der Waals surface area contributed by atoms with E-state index in [1.807, 2.05) is 28.8 Å². The average molecular weight is 843 g/mol. The number of nitrogen functional groups attached to an aromatic ring is 1. The molecule has 0 aliphatic rings. The van der Waals surface area contributed by atoms with Crippen LogP contribution in [0.5, 0.6) is 0 Å². The molecule has 0 radical (unpaired) electrons. The monoisotopic (exact) mass is 843 g/mol. The average Bonchev–Trinajstić information content (AvgIpc) is 3.60. The maximum Gasteiger partial charge on any atom is 0.330 e. The highest BCUT2D eigenvalue weighted by Crippen LogP contribution is 2.43. The van der Waals surface area contributed by atoms with Gasteiger partial charge in [-0.3, -0.25) is 14.2 Å². The molecule has 12 heteroatoms. The van der Waals surface area contributed by atoms with Gasteiger partial charge < -0.3 is 29.2 Å². The van der Waals surface area contributed by atoms with Crippen LogP contribution >= 0.6 is 7.60 Å². The number of imidazole rings is 1. The number of esters is 2. The largest absolute Gasteiger partial charge is 0.462 e. The molecule has 334 valence electrons. The van der Waals surface area contributed by atoms with E-state index in [1.54, 1.807) is 0 Å². The number of unbranched alkanes of at least 4 members (excludes halogenated alkanes) is 21. The Balaban J connectivity index is 1.53. The van der Waals surface area contributed by atoms with E-state index in [4.69, 9.17) is 24.7 Å². The molecule has 1 aromatic carbocycles. The van der Waals surface area contributed by atoms with Crippen LogP contribution in [-0.4, -0.2) is 56.8 Å². The summed E-state index contributed by atoms with van der Waals surface area (Å²) in [7, 11) is -4.19. The minimum atomic E-state index is -4.19. The number of aryl methyl sites for hydroxylation is 2. The normalized spacial score (nSPS) is 13.2. The maximum atomic E-state index is 13.6. The van der Waals surface area contributed by atoms with E-state index < -0.39 is 19.7 Å². The molecule has 0 bridgehead atoms. The van der Waals surface area contributed by atoms with E-state index >= 15 is 0 Å². The van der Waals surface area contributed by atoms with Crippen LogP contribution in [0.25, 0.3) is 21.9 Å². The number of pyridine rings is 1. The summed E-state index contributed by atoms with van der Waals surface area (Å²) in [6.07, 6.45) is 27.8. The van der Waals surface area contributed by atoms with E-state index in [9.17, 15) is 19.0 Å². The Hall–Kier alpha value is -3.01. The molecule has 0 amide bonds. The summed E-state index contributed by atoms with van der Waals surface area (Å²) in [5, 5.41) is 0.861. The van der Waals surface area contributed by atoms with Crippen molar-refractivity contribution in [3.8, 4) is 0 Å². The molecule has 0 fully saturated rings. The lowest BCUT2D eigenvalue weighted by atomic mass is 10.1. The molecule has 11 nitrogen and oxygen atoms in total. The maximum absolute atomic E-state index is 13.6. The van der Waals surface area contributed by atoms with Crippen molar-refractivity contribution in [3.63, 3.8) is 0 Å². The molecule has 2 heterocycles. The van der Waals surface area contributed by atoms with Gasteiger partial charge in [0.05, 0.1) is 23.8 Å². The fourth-order valence-electron chi connectivity index (χ4n) is 7.65. The third kappa shape index (κ3) is 20.4. The van der Waals surface area contributed by atoms with Crippen molar-refractivity contribution >= 4 is 47.3 Å².